The van der Waals surface area contributed by atoms with Gasteiger partial charge in [-0.1, -0.05) is 18.2 Å². The monoisotopic (exact) mass is 507 g/mol. The van der Waals surface area contributed by atoms with E-state index in [4.69, 9.17) is 5.73 Å². The topological polar surface area (TPSA) is 155 Å². The zero-order chi connectivity index (χ0) is 26.5. The molecule has 2 aromatic carbocycles. The van der Waals surface area contributed by atoms with Crippen LogP contribution in [0.25, 0.3) is 22.2 Å². The Bertz CT molecular complexity index is 1530. The number of H-pyrrole nitrogens is 1. The SMILES string of the molecule is CNc1nccc(-c2cc3[nH]ccc3cc2C(=O)N[C@@H](CN(c2ccccc2)c2ncccn2)C(N)=O)n1. The standard InChI is InChI=1S/C27H25N9O2/c1-29-26-31-13-9-21(35-26)19-15-22-17(8-12-30-22)14-20(19)25(38)34-23(24(28)37)16-36(18-6-3-2-4-7-18)27-32-10-5-11-33-27/h2-15,23,30H,16H2,1H3,(H2,28,37)(H,34,38)(H,29,31,35)/t23-/m0/s1. The Morgan fingerprint density at radius 1 is 1.00 bits per heavy atom. The number of para-hydroxylation sites is 1. The van der Waals surface area contributed by atoms with Crippen LogP contribution in [0, 0.1) is 0 Å². The summed E-state index contributed by atoms with van der Waals surface area (Å²) in [5.41, 5.74) is 8.82. The molecule has 190 valence electrons. The molecule has 0 aliphatic heterocycles. The Balaban J connectivity index is 1.50. The van der Waals surface area contributed by atoms with E-state index in [-0.39, 0.29) is 6.54 Å². The van der Waals surface area contributed by atoms with Gasteiger partial charge in [0.25, 0.3) is 5.91 Å². The molecular weight excluding hydrogens is 482 g/mol. The van der Waals surface area contributed by atoms with E-state index in [0.29, 0.717) is 28.7 Å². The van der Waals surface area contributed by atoms with E-state index in [0.717, 1.165) is 16.6 Å². The lowest BCUT2D eigenvalue weighted by atomic mass is 10.0. The number of nitrogens with one attached hydrogen (secondary N) is 3. The van der Waals surface area contributed by atoms with E-state index < -0.39 is 17.9 Å². The highest BCUT2D eigenvalue weighted by Gasteiger charge is 2.26. The summed E-state index contributed by atoms with van der Waals surface area (Å²) in [6.07, 6.45) is 6.61. The Morgan fingerprint density at radius 3 is 2.53 bits per heavy atom. The summed E-state index contributed by atoms with van der Waals surface area (Å²) in [6.45, 7) is 0.0221. The summed E-state index contributed by atoms with van der Waals surface area (Å²) in [6, 6.07) is 17.2. The predicted octanol–water partition coefficient (Wildman–Crippen LogP) is 2.88. The van der Waals surface area contributed by atoms with Crippen molar-refractivity contribution in [2.45, 2.75) is 6.04 Å². The predicted molar refractivity (Wildman–Crippen MR) is 145 cm³/mol. The van der Waals surface area contributed by atoms with Crippen LogP contribution >= 0.6 is 0 Å². The molecular formula is C27H25N9O2. The van der Waals surface area contributed by atoms with Gasteiger partial charge in [0.05, 0.1) is 12.2 Å². The minimum Gasteiger partial charge on any atom is -0.368 e. The molecule has 0 saturated heterocycles. The number of carbonyl (C=O) groups is 2. The van der Waals surface area contributed by atoms with Gasteiger partial charge < -0.3 is 26.3 Å². The fourth-order valence-electron chi connectivity index (χ4n) is 4.10. The van der Waals surface area contributed by atoms with E-state index >= 15 is 0 Å². The lowest BCUT2D eigenvalue weighted by molar-refractivity contribution is -0.119. The fraction of sp³-hybridized carbons (Fsp3) is 0.111. The molecule has 0 unspecified atom stereocenters. The summed E-state index contributed by atoms with van der Waals surface area (Å²) in [7, 11) is 1.72. The molecule has 11 heteroatoms. The van der Waals surface area contributed by atoms with E-state index in [1.807, 2.05) is 42.5 Å². The highest BCUT2D eigenvalue weighted by atomic mass is 16.2. The van der Waals surface area contributed by atoms with Crippen LogP contribution in [0.3, 0.4) is 0 Å². The lowest BCUT2D eigenvalue weighted by Gasteiger charge is -2.27. The molecule has 5 N–H and O–H groups in total. The molecule has 3 heterocycles. The van der Waals surface area contributed by atoms with Crippen LogP contribution in [0.5, 0.6) is 0 Å². The number of benzene rings is 2. The van der Waals surface area contributed by atoms with Crippen molar-refractivity contribution < 1.29 is 9.59 Å². The summed E-state index contributed by atoms with van der Waals surface area (Å²) >= 11 is 0. The van der Waals surface area contributed by atoms with Crippen molar-refractivity contribution in [2.24, 2.45) is 5.73 Å². The molecule has 11 nitrogen and oxygen atoms in total. The van der Waals surface area contributed by atoms with Crippen molar-refractivity contribution in [3.05, 3.63) is 91.0 Å². The van der Waals surface area contributed by atoms with E-state index in [9.17, 15) is 9.59 Å². The number of carbonyl (C=O) groups excluding carboxylic acids is 2. The smallest absolute Gasteiger partial charge is 0.252 e. The Morgan fingerprint density at radius 2 is 1.79 bits per heavy atom. The molecule has 0 spiro atoms. The molecule has 2 amide bonds. The number of fused-ring (bicyclic) bond motifs is 1. The number of hydrogen-bond donors (Lipinski definition) is 4. The molecule has 38 heavy (non-hydrogen) atoms. The van der Waals surface area contributed by atoms with Crippen molar-refractivity contribution in [1.82, 2.24) is 30.2 Å². The quantitative estimate of drug-likeness (QED) is 0.237. The molecule has 0 bridgehead atoms. The van der Waals surface area contributed by atoms with E-state index in [1.165, 1.54) is 0 Å². The van der Waals surface area contributed by atoms with Gasteiger partial charge >= 0.3 is 0 Å². The second-order valence-corrected chi connectivity index (χ2v) is 8.40. The average molecular weight is 508 g/mol. The number of anilines is 3. The first-order valence-corrected chi connectivity index (χ1v) is 11.9. The van der Waals surface area contributed by atoms with Crippen LogP contribution in [0.15, 0.2) is 85.5 Å². The summed E-state index contributed by atoms with van der Waals surface area (Å²) < 4.78 is 0. The molecule has 0 aliphatic carbocycles. The van der Waals surface area contributed by atoms with Crippen molar-refractivity contribution in [3.63, 3.8) is 0 Å². The maximum atomic E-state index is 13.7. The summed E-state index contributed by atoms with van der Waals surface area (Å²) in [5, 5.41) is 6.56. The molecule has 5 rings (SSSR count). The number of aromatic nitrogens is 5. The zero-order valence-corrected chi connectivity index (χ0v) is 20.5. The Kier molecular flexibility index (Phi) is 6.89. The minimum absolute atomic E-state index is 0.0221. The highest BCUT2D eigenvalue weighted by Crippen LogP contribution is 2.28. The third-order valence-electron chi connectivity index (χ3n) is 5.97. The number of hydrogen-bond acceptors (Lipinski definition) is 8. The van der Waals surface area contributed by atoms with Crippen molar-refractivity contribution in [2.75, 3.05) is 23.8 Å². The van der Waals surface area contributed by atoms with Crippen LogP contribution in [0.4, 0.5) is 17.6 Å². The van der Waals surface area contributed by atoms with Crippen LogP contribution in [0.1, 0.15) is 10.4 Å². The lowest BCUT2D eigenvalue weighted by Crippen LogP contribution is -2.50. The molecule has 0 fully saturated rings. The molecule has 1 atom stereocenters. The Labute approximate surface area is 218 Å². The van der Waals surface area contributed by atoms with Crippen LogP contribution in [0.2, 0.25) is 0 Å². The first-order chi connectivity index (χ1) is 18.5. The fourth-order valence-corrected chi connectivity index (χ4v) is 4.10. The van der Waals surface area contributed by atoms with Gasteiger partial charge in [-0.15, -0.1) is 0 Å². The number of nitrogens with two attached hydrogens (primary N) is 1. The van der Waals surface area contributed by atoms with Crippen molar-refractivity contribution >= 4 is 40.3 Å². The van der Waals surface area contributed by atoms with Crippen molar-refractivity contribution in [1.29, 1.82) is 0 Å². The largest absolute Gasteiger partial charge is 0.368 e. The van der Waals surface area contributed by atoms with E-state index in [1.54, 1.807) is 54.9 Å². The molecule has 0 radical (unpaired) electrons. The zero-order valence-electron chi connectivity index (χ0n) is 20.5. The van der Waals surface area contributed by atoms with Gasteiger partial charge in [0, 0.05) is 59.6 Å². The van der Waals surface area contributed by atoms with E-state index in [2.05, 4.69) is 35.6 Å². The average Bonchev–Trinajstić information content (AvgIpc) is 3.43. The van der Waals surface area contributed by atoms with Gasteiger partial charge in [0.1, 0.15) is 6.04 Å². The summed E-state index contributed by atoms with van der Waals surface area (Å²) in [4.78, 5) is 48.5. The first kappa shape index (κ1) is 24.4. The molecule has 0 aliphatic rings. The molecule has 5 aromatic rings. The van der Waals surface area contributed by atoms with Crippen LogP contribution in [-0.4, -0.2) is 56.4 Å². The third-order valence-corrected chi connectivity index (χ3v) is 5.97. The van der Waals surface area contributed by atoms with Gasteiger partial charge in [-0.25, -0.2) is 19.9 Å². The van der Waals surface area contributed by atoms with Crippen LogP contribution in [-0.2, 0) is 4.79 Å². The normalized spacial score (nSPS) is 11.6. The van der Waals surface area contributed by atoms with Gasteiger partial charge in [0.15, 0.2) is 0 Å². The third kappa shape index (κ3) is 5.12. The number of rotatable bonds is 9. The van der Waals surface area contributed by atoms with Crippen molar-refractivity contribution in [3.8, 4) is 11.3 Å². The number of aromatic amines is 1. The van der Waals surface area contributed by atoms with Gasteiger partial charge in [-0.2, -0.15) is 0 Å². The number of primary amides is 1. The second kappa shape index (κ2) is 10.7. The minimum atomic E-state index is -1.06. The van der Waals surface area contributed by atoms with Crippen LogP contribution < -0.4 is 21.3 Å². The number of nitrogens with zero attached hydrogens (tertiary/aromatic N) is 5. The highest BCUT2D eigenvalue weighted by molar-refractivity contribution is 6.06. The second-order valence-electron chi connectivity index (χ2n) is 8.40. The Hall–Kier alpha value is -5.32. The summed E-state index contributed by atoms with van der Waals surface area (Å²) in [5.74, 6) is -0.386. The maximum Gasteiger partial charge on any atom is 0.252 e. The van der Waals surface area contributed by atoms with Gasteiger partial charge in [-0.3, -0.25) is 9.59 Å². The first-order valence-electron chi connectivity index (χ1n) is 11.9. The van der Waals surface area contributed by atoms with Gasteiger partial charge in [0.2, 0.25) is 17.8 Å². The number of amides is 2. The maximum absolute atomic E-state index is 13.7. The molecule has 3 aromatic heterocycles. The van der Waals surface area contributed by atoms with Gasteiger partial charge in [-0.05, 0) is 42.5 Å². The molecule has 0 saturated carbocycles.